The SMILES string of the molecule is C/C=C/C1CCC(c2ccc(-c3ccc(COCC)cc3)cc2)CC1. The van der Waals surface area contributed by atoms with E-state index in [-0.39, 0.29) is 0 Å². The lowest BCUT2D eigenvalue weighted by Crippen LogP contribution is -2.11. The van der Waals surface area contributed by atoms with Crippen LogP contribution in [-0.2, 0) is 11.3 Å². The van der Waals surface area contributed by atoms with Crippen LogP contribution >= 0.6 is 0 Å². The fourth-order valence-electron chi connectivity index (χ4n) is 3.88. The molecule has 0 unspecified atom stereocenters. The Morgan fingerprint density at radius 3 is 2.04 bits per heavy atom. The van der Waals surface area contributed by atoms with Crippen molar-refractivity contribution in [2.45, 2.75) is 52.1 Å². The molecule has 1 nitrogen and oxygen atoms in total. The molecule has 25 heavy (non-hydrogen) atoms. The molecule has 2 aromatic rings. The zero-order valence-electron chi connectivity index (χ0n) is 15.6. The molecule has 0 atom stereocenters. The molecule has 1 heteroatoms. The number of hydrogen-bond donors (Lipinski definition) is 0. The Hall–Kier alpha value is -1.86. The number of benzene rings is 2. The highest BCUT2D eigenvalue weighted by molar-refractivity contribution is 5.64. The Kier molecular flexibility index (Phi) is 6.47. The van der Waals surface area contributed by atoms with Gasteiger partial charge in [0.05, 0.1) is 6.61 Å². The third-order valence-electron chi connectivity index (χ3n) is 5.38. The predicted octanol–water partition coefficient (Wildman–Crippen LogP) is 6.74. The summed E-state index contributed by atoms with van der Waals surface area (Å²) in [6.07, 6.45) is 9.89. The third kappa shape index (κ3) is 4.83. The van der Waals surface area contributed by atoms with Crippen molar-refractivity contribution in [2.24, 2.45) is 5.92 Å². The Balaban J connectivity index is 1.62. The van der Waals surface area contributed by atoms with Crippen molar-refractivity contribution in [3.05, 3.63) is 71.8 Å². The van der Waals surface area contributed by atoms with Gasteiger partial charge in [-0.3, -0.25) is 0 Å². The number of hydrogen-bond acceptors (Lipinski definition) is 1. The zero-order chi connectivity index (χ0) is 17.5. The average molecular weight is 335 g/mol. The van der Waals surface area contributed by atoms with Crippen molar-refractivity contribution in [3.63, 3.8) is 0 Å². The molecule has 0 saturated heterocycles. The standard InChI is InChI=1S/C24H30O/c1-3-5-19-6-10-21(11-7-19)23-14-16-24(17-15-23)22-12-8-20(9-13-22)18-25-4-2/h3,5,8-9,12-17,19,21H,4,6-7,10-11,18H2,1-2H3/b5-3+. The lowest BCUT2D eigenvalue weighted by molar-refractivity contribution is 0.134. The summed E-state index contributed by atoms with van der Waals surface area (Å²) in [6, 6.07) is 18.0. The Labute approximate surface area is 152 Å². The molecule has 132 valence electrons. The minimum absolute atomic E-state index is 0.700. The van der Waals surface area contributed by atoms with Crippen molar-refractivity contribution < 1.29 is 4.74 Å². The summed E-state index contributed by atoms with van der Waals surface area (Å²) >= 11 is 0. The molecular weight excluding hydrogens is 304 g/mol. The molecule has 0 spiro atoms. The van der Waals surface area contributed by atoms with E-state index < -0.39 is 0 Å². The Morgan fingerprint density at radius 1 is 0.880 bits per heavy atom. The Bertz CT molecular complexity index is 658. The van der Waals surface area contributed by atoms with E-state index in [4.69, 9.17) is 4.74 Å². The normalized spacial score (nSPS) is 20.9. The van der Waals surface area contributed by atoms with Crippen molar-refractivity contribution in [1.82, 2.24) is 0 Å². The van der Waals surface area contributed by atoms with Crippen LogP contribution in [0, 0.1) is 5.92 Å². The molecule has 1 fully saturated rings. The number of rotatable bonds is 6. The van der Waals surface area contributed by atoms with Gasteiger partial charge < -0.3 is 4.74 Å². The summed E-state index contributed by atoms with van der Waals surface area (Å²) in [4.78, 5) is 0. The van der Waals surface area contributed by atoms with Gasteiger partial charge in [0.1, 0.15) is 0 Å². The molecule has 1 aliphatic rings. The molecule has 2 aromatic carbocycles. The number of allylic oxidation sites excluding steroid dienone is 2. The first kappa shape index (κ1) is 17.9. The lowest BCUT2D eigenvalue weighted by atomic mass is 9.78. The summed E-state index contributed by atoms with van der Waals surface area (Å²) in [5.41, 5.74) is 5.33. The number of ether oxygens (including phenoxy) is 1. The fourth-order valence-corrected chi connectivity index (χ4v) is 3.88. The van der Waals surface area contributed by atoms with E-state index in [0.29, 0.717) is 6.61 Å². The van der Waals surface area contributed by atoms with Gasteiger partial charge in [-0.15, -0.1) is 0 Å². The minimum atomic E-state index is 0.700. The van der Waals surface area contributed by atoms with Gasteiger partial charge in [-0.25, -0.2) is 0 Å². The highest BCUT2D eigenvalue weighted by Gasteiger charge is 2.20. The van der Waals surface area contributed by atoms with E-state index in [1.54, 1.807) is 0 Å². The summed E-state index contributed by atoms with van der Waals surface area (Å²) < 4.78 is 5.47. The molecule has 0 bridgehead atoms. The van der Waals surface area contributed by atoms with Gasteiger partial charge in [-0.05, 0) is 73.6 Å². The van der Waals surface area contributed by atoms with Crippen molar-refractivity contribution in [1.29, 1.82) is 0 Å². The first-order valence-corrected chi connectivity index (χ1v) is 9.70. The Morgan fingerprint density at radius 2 is 1.48 bits per heavy atom. The second-order valence-corrected chi connectivity index (χ2v) is 7.09. The molecule has 0 heterocycles. The highest BCUT2D eigenvalue weighted by Crippen LogP contribution is 2.36. The second-order valence-electron chi connectivity index (χ2n) is 7.09. The van der Waals surface area contributed by atoms with Gasteiger partial charge in [-0.1, -0.05) is 60.7 Å². The van der Waals surface area contributed by atoms with Gasteiger partial charge in [0, 0.05) is 6.61 Å². The monoisotopic (exact) mass is 334 g/mol. The van der Waals surface area contributed by atoms with Crippen LogP contribution in [-0.4, -0.2) is 6.61 Å². The van der Waals surface area contributed by atoms with Crippen LogP contribution in [0.15, 0.2) is 60.7 Å². The minimum Gasteiger partial charge on any atom is -0.377 e. The molecule has 1 aliphatic carbocycles. The van der Waals surface area contributed by atoms with Crippen LogP contribution in [0.25, 0.3) is 11.1 Å². The van der Waals surface area contributed by atoms with Crippen LogP contribution in [0.3, 0.4) is 0 Å². The molecule has 3 rings (SSSR count). The van der Waals surface area contributed by atoms with Gasteiger partial charge in [0.25, 0.3) is 0 Å². The van der Waals surface area contributed by atoms with Gasteiger partial charge in [-0.2, -0.15) is 0 Å². The summed E-state index contributed by atoms with van der Waals surface area (Å²) in [6.45, 7) is 5.63. The van der Waals surface area contributed by atoms with Crippen LogP contribution in [0.2, 0.25) is 0 Å². The van der Waals surface area contributed by atoms with E-state index in [0.717, 1.165) is 18.4 Å². The van der Waals surface area contributed by atoms with Crippen molar-refractivity contribution in [2.75, 3.05) is 6.61 Å². The summed E-state index contributed by atoms with van der Waals surface area (Å²) in [5.74, 6) is 1.54. The maximum atomic E-state index is 5.47. The third-order valence-corrected chi connectivity index (χ3v) is 5.38. The average Bonchev–Trinajstić information content (AvgIpc) is 2.68. The van der Waals surface area contributed by atoms with E-state index in [2.05, 4.69) is 67.6 Å². The first-order chi connectivity index (χ1) is 12.3. The van der Waals surface area contributed by atoms with Crippen LogP contribution in [0.4, 0.5) is 0 Å². The fraction of sp³-hybridized carbons (Fsp3) is 0.417. The van der Waals surface area contributed by atoms with E-state index in [1.165, 1.54) is 47.9 Å². The van der Waals surface area contributed by atoms with Crippen molar-refractivity contribution in [3.8, 4) is 11.1 Å². The quantitative estimate of drug-likeness (QED) is 0.531. The molecule has 1 saturated carbocycles. The largest absolute Gasteiger partial charge is 0.377 e. The smallest absolute Gasteiger partial charge is 0.0716 e. The van der Waals surface area contributed by atoms with E-state index >= 15 is 0 Å². The molecule has 0 amide bonds. The first-order valence-electron chi connectivity index (χ1n) is 9.70. The molecular formula is C24H30O. The predicted molar refractivity (Wildman–Crippen MR) is 107 cm³/mol. The van der Waals surface area contributed by atoms with E-state index in [9.17, 15) is 0 Å². The van der Waals surface area contributed by atoms with Crippen LogP contribution in [0.1, 0.15) is 56.6 Å². The topological polar surface area (TPSA) is 9.23 Å². The second kappa shape index (κ2) is 9.01. The maximum Gasteiger partial charge on any atom is 0.0716 e. The molecule has 0 aromatic heterocycles. The summed E-state index contributed by atoms with van der Waals surface area (Å²) in [5, 5.41) is 0. The summed E-state index contributed by atoms with van der Waals surface area (Å²) in [7, 11) is 0. The zero-order valence-corrected chi connectivity index (χ0v) is 15.6. The van der Waals surface area contributed by atoms with Crippen LogP contribution in [0.5, 0.6) is 0 Å². The van der Waals surface area contributed by atoms with Crippen LogP contribution < -0.4 is 0 Å². The van der Waals surface area contributed by atoms with Gasteiger partial charge >= 0.3 is 0 Å². The lowest BCUT2D eigenvalue weighted by Gasteiger charge is -2.27. The van der Waals surface area contributed by atoms with E-state index in [1.807, 2.05) is 6.92 Å². The highest BCUT2D eigenvalue weighted by atomic mass is 16.5. The molecule has 0 radical (unpaired) electrons. The molecule has 0 aliphatic heterocycles. The van der Waals surface area contributed by atoms with Gasteiger partial charge in [0.15, 0.2) is 0 Å². The maximum absolute atomic E-state index is 5.47. The molecule has 0 N–H and O–H groups in total. The van der Waals surface area contributed by atoms with Gasteiger partial charge in [0.2, 0.25) is 0 Å². The van der Waals surface area contributed by atoms with Crippen molar-refractivity contribution >= 4 is 0 Å².